The molecule has 0 aromatic heterocycles. The molecule has 116 valence electrons. The van der Waals surface area contributed by atoms with Crippen molar-refractivity contribution in [2.45, 2.75) is 40.7 Å². The van der Waals surface area contributed by atoms with Crippen molar-refractivity contribution in [3.05, 3.63) is 0 Å². The Balaban J connectivity index is 0. The number of rotatable bonds is 7. The second kappa shape index (κ2) is 9.44. The van der Waals surface area contributed by atoms with Gasteiger partial charge in [-0.05, 0) is 6.92 Å². The summed E-state index contributed by atoms with van der Waals surface area (Å²) >= 11 is 0. The lowest BCUT2D eigenvalue weighted by Gasteiger charge is -2.29. The molecule has 0 rings (SSSR count). The van der Waals surface area contributed by atoms with Crippen LogP contribution >= 0.6 is 7.82 Å². The van der Waals surface area contributed by atoms with E-state index in [1.54, 1.807) is 20.8 Å². The number of phosphoric ester groups is 1. The Morgan fingerprint density at radius 2 is 1.89 bits per heavy atom. The molecule has 3 N–H and O–H groups in total. The maximum Gasteiger partial charge on any atom is 0.471 e. The molecule has 1 amide bonds. The monoisotopic (exact) mass is 299 g/mol. The van der Waals surface area contributed by atoms with Crippen LogP contribution in [0.4, 0.5) is 0 Å². The third-order valence-electron chi connectivity index (χ3n) is 2.17. The first kappa shape index (κ1) is 20.8. The molecule has 2 atom stereocenters. The molecule has 0 radical (unpaired) electrons. The number of aliphatic hydroxyl groups is 1. The molecule has 0 spiro atoms. The summed E-state index contributed by atoms with van der Waals surface area (Å²) in [5.74, 6) is -0.550. The average Bonchev–Trinajstić information content (AvgIpc) is 2.38. The zero-order valence-electron chi connectivity index (χ0n) is 12.5. The van der Waals surface area contributed by atoms with Crippen LogP contribution in [0.1, 0.15) is 34.6 Å². The van der Waals surface area contributed by atoms with Gasteiger partial charge in [0.25, 0.3) is 0 Å². The molecule has 0 aliphatic carbocycles. The molecule has 19 heavy (non-hydrogen) atoms. The number of aliphatic hydroxyl groups excluding tert-OH is 1. The molecule has 0 aliphatic rings. The van der Waals surface area contributed by atoms with E-state index in [1.807, 2.05) is 13.8 Å². The first-order chi connectivity index (χ1) is 8.66. The van der Waals surface area contributed by atoms with Gasteiger partial charge in [0.15, 0.2) is 0 Å². The highest BCUT2D eigenvalue weighted by Gasteiger charge is 2.36. The second-order valence-electron chi connectivity index (χ2n) is 4.21. The van der Waals surface area contributed by atoms with Crippen molar-refractivity contribution in [1.82, 2.24) is 5.32 Å². The van der Waals surface area contributed by atoms with Crippen molar-refractivity contribution in [3.8, 4) is 0 Å². The topological polar surface area (TPSA) is 105 Å². The smallest absolute Gasteiger partial charge is 0.383 e. The van der Waals surface area contributed by atoms with Gasteiger partial charge in [0.2, 0.25) is 5.91 Å². The van der Waals surface area contributed by atoms with Crippen LogP contribution in [0.15, 0.2) is 0 Å². The number of amides is 1. The highest BCUT2D eigenvalue weighted by molar-refractivity contribution is 7.47. The lowest BCUT2D eigenvalue weighted by Crippen LogP contribution is -2.45. The van der Waals surface area contributed by atoms with E-state index >= 15 is 0 Å². The number of carbonyl (C=O) groups excluding carboxylic acids is 1. The van der Waals surface area contributed by atoms with E-state index in [2.05, 4.69) is 14.4 Å². The van der Waals surface area contributed by atoms with E-state index in [0.29, 0.717) is 6.54 Å². The summed E-state index contributed by atoms with van der Waals surface area (Å²) in [5, 5.41) is 12.2. The van der Waals surface area contributed by atoms with Crippen molar-refractivity contribution in [2.75, 3.05) is 20.3 Å². The fraction of sp³-hybridized carbons (Fsp3) is 0.909. The van der Waals surface area contributed by atoms with E-state index in [4.69, 9.17) is 4.89 Å². The largest absolute Gasteiger partial charge is 0.471 e. The Hall–Kier alpha value is -0.460. The number of phosphoric acid groups is 1. The van der Waals surface area contributed by atoms with Crippen molar-refractivity contribution < 1.29 is 28.4 Å². The zero-order valence-corrected chi connectivity index (χ0v) is 13.4. The molecule has 0 aromatic rings. The van der Waals surface area contributed by atoms with Gasteiger partial charge in [-0.3, -0.25) is 13.8 Å². The third-order valence-corrected chi connectivity index (χ3v) is 3.09. The normalized spacial score (nSPS) is 15.8. The molecule has 7 nitrogen and oxygen atoms in total. The quantitative estimate of drug-likeness (QED) is 0.612. The van der Waals surface area contributed by atoms with E-state index in [1.165, 1.54) is 0 Å². The standard InChI is InChI=1S/C9H20NO6P.C2H6/c1-5-10-8(12)7(11)9(2,3)6-16-17(13,14)15-4;1-2/h7,11H,5-6H2,1-4H3,(H,10,12)(H,13,14);1-2H3. The molecule has 0 bridgehead atoms. The number of hydrogen-bond donors (Lipinski definition) is 3. The number of likely N-dealkylation sites (N-methyl/N-ethyl adjacent to an activating group) is 1. The molecule has 0 heterocycles. The van der Waals surface area contributed by atoms with Crippen LogP contribution in [-0.4, -0.2) is 42.3 Å². The average molecular weight is 299 g/mol. The SMILES string of the molecule is CC.CCNC(=O)C(O)C(C)(C)COP(=O)(O)OC. The molecular formula is C11H26NO6P. The van der Waals surface area contributed by atoms with Crippen LogP contribution < -0.4 is 5.32 Å². The fourth-order valence-corrected chi connectivity index (χ4v) is 1.61. The van der Waals surface area contributed by atoms with Crippen LogP contribution in [0.5, 0.6) is 0 Å². The number of nitrogens with one attached hydrogen (secondary N) is 1. The van der Waals surface area contributed by atoms with E-state index < -0.39 is 25.2 Å². The van der Waals surface area contributed by atoms with E-state index in [-0.39, 0.29) is 6.61 Å². The van der Waals surface area contributed by atoms with Crippen molar-refractivity contribution in [1.29, 1.82) is 0 Å². The third kappa shape index (κ3) is 8.34. The molecule has 0 aromatic carbocycles. The van der Waals surface area contributed by atoms with Crippen molar-refractivity contribution in [2.24, 2.45) is 5.41 Å². The first-order valence-corrected chi connectivity index (χ1v) is 7.64. The summed E-state index contributed by atoms with van der Waals surface area (Å²) in [7, 11) is -3.06. The number of hydrogen-bond acceptors (Lipinski definition) is 5. The Morgan fingerprint density at radius 1 is 1.42 bits per heavy atom. The lowest BCUT2D eigenvalue weighted by atomic mass is 9.87. The van der Waals surface area contributed by atoms with Crippen LogP contribution in [0.25, 0.3) is 0 Å². The summed E-state index contributed by atoms with van der Waals surface area (Å²) < 4.78 is 19.9. The summed E-state index contributed by atoms with van der Waals surface area (Å²) in [5.41, 5.74) is -1.00. The summed E-state index contributed by atoms with van der Waals surface area (Å²) in [6.07, 6.45) is -1.33. The Morgan fingerprint density at radius 3 is 2.26 bits per heavy atom. The van der Waals surface area contributed by atoms with Gasteiger partial charge in [-0.1, -0.05) is 27.7 Å². The highest BCUT2D eigenvalue weighted by atomic mass is 31.2. The molecular weight excluding hydrogens is 273 g/mol. The van der Waals surface area contributed by atoms with Gasteiger partial charge < -0.3 is 15.3 Å². The van der Waals surface area contributed by atoms with Crippen LogP contribution in [-0.2, 0) is 18.4 Å². The van der Waals surface area contributed by atoms with Gasteiger partial charge in [-0.25, -0.2) is 4.57 Å². The lowest BCUT2D eigenvalue weighted by molar-refractivity contribution is -0.136. The van der Waals surface area contributed by atoms with Crippen molar-refractivity contribution >= 4 is 13.7 Å². The van der Waals surface area contributed by atoms with E-state index in [0.717, 1.165) is 7.11 Å². The van der Waals surface area contributed by atoms with Gasteiger partial charge in [-0.15, -0.1) is 0 Å². The fourth-order valence-electron chi connectivity index (χ4n) is 1.01. The Labute approximate surface area is 114 Å². The minimum absolute atomic E-state index is 0.285. The van der Waals surface area contributed by atoms with Crippen LogP contribution in [0.2, 0.25) is 0 Å². The van der Waals surface area contributed by atoms with Gasteiger partial charge >= 0.3 is 7.82 Å². The Bertz CT molecular complexity index is 308. The molecule has 0 aliphatic heterocycles. The maximum absolute atomic E-state index is 11.4. The second-order valence-corrected chi connectivity index (χ2v) is 5.77. The van der Waals surface area contributed by atoms with Crippen LogP contribution in [0.3, 0.4) is 0 Å². The predicted molar refractivity (Wildman–Crippen MR) is 72.6 cm³/mol. The highest BCUT2D eigenvalue weighted by Crippen LogP contribution is 2.43. The minimum atomic E-state index is -4.10. The molecule has 2 unspecified atom stereocenters. The zero-order chi connectivity index (χ0) is 15.7. The summed E-state index contributed by atoms with van der Waals surface area (Å²) in [6.45, 7) is 8.92. The van der Waals surface area contributed by atoms with E-state index in [9.17, 15) is 14.5 Å². The molecule has 0 saturated carbocycles. The van der Waals surface area contributed by atoms with Gasteiger partial charge in [0.05, 0.1) is 6.61 Å². The van der Waals surface area contributed by atoms with Gasteiger partial charge in [0.1, 0.15) is 6.10 Å². The van der Waals surface area contributed by atoms with Crippen molar-refractivity contribution in [3.63, 3.8) is 0 Å². The molecule has 0 fully saturated rings. The Kier molecular flexibility index (Phi) is 10.4. The first-order valence-electron chi connectivity index (χ1n) is 6.15. The van der Waals surface area contributed by atoms with Gasteiger partial charge in [0, 0.05) is 19.1 Å². The predicted octanol–water partition coefficient (Wildman–Crippen LogP) is 1.30. The maximum atomic E-state index is 11.4. The molecule has 0 saturated heterocycles. The number of carbonyl (C=O) groups is 1. The minimum Gasteiger partial charge on any atom is -0.383 e. The summed E-state index contributed by atoms with van der Waals surface area (Å²) in [6, 6.07) is 0. The summed E-state index contributed by atoms with van der Waals surface area (Å²) in [4.78, 5) is 20.4. The molecule has 8 heteroatoms. The van der Waals surface area contributed by atoms with Crippen LogP contribution in [0, 0.1) is 5.41 Å². The van der Waals surface area contributed by atoms with Gasteiger partial charge in [-0.2, -0.15) is 0 Å².